The van der Waals surface area contributed by atoms with Crippen molar-refractivity contribution in [1.29, 1.82) is 0 Å². The Morgan fingerprint density at radius 2 is 1.71 bits per heavy atom. The van der Waals surface area contributed by atoms with Crippen molar-refractivity contribution in [1.82, 2.24) is 4.90 Å². The lowest BCUT2D eigenvalue weighted by Gasteiger charge is -2.24. The summed E-state index contributed by atoms with van der Waals surface area (Å²) in [5.74, 6) is 1.57. The molecule has 21 heavy (non-hydrogen) atoms. The molecule has 1 atom stereocenters. The molecule has 1 amide bonds. The number of nitrogens with two attached hydrogens (primary N) is 1. The van der Waals surface area contributed by atoms with Crippen LogP contribution in [0.3, 0.4) is 0 Å². The van der Waals surface area contributed by atoms with Crippen LogP contribution >= 0.6 is 0 Å². The lowest BCUT2D eigenvalue weighted by atomic mass is 10.1. The van der Waals surface area contributed by atoms with E-state index >= 15 is 0 Å². The molecule has 0 bridgehead atoms. The zero-order chi connectivity index (χ0) is 16.0. The van der Waals surface area contributed by atoms with Crippen LogP contribution in [-0.2, 0) is 11.2 Å². The fourth-order valence-corrected chi connectivity index (χ4v) is 1.94. The molecule has 0 aliphatic heterocycles. The Morgan fingerprint density at radius 1 is 1.19 bits per heavy atom. The smallest absolute Gasteiger partial charge is 0.227 e. The van der Waals surface area contributed by atoms with Crippen LogP contribution in [-0.4, -0.2) is 51.8 Å². The van der Waals surface area contributed by atoms with Gasteiger partial charge in [-0.15, -0.1) is 0 Å². The van der Waals surface area contributed by atoms with Gasteiger partial charge in [0.15, 0.2) is 11.5 Å². The molecule has 1 aromatic carbocycles. The van der Waals surface area contributed by atoms with Crippen LogP contribution < -0.4 is 19.9 Å². The molecule has 6 nitrogen and oxygen atoms in total. The predicted molar refractivity (Wildman–Crippen MR) is 81.1 cm³/mol. The van der Waals surface area contributed by atoms with Gasteiger partial charge in [-0.1, -0.05) is 0 Å². The van der Waals surface area contributed by atoms with Gasteiger partial charge in [0.1, 0.15) is 0 Å². The van der Waals surface area contributed by atoms with E-state index in [1.807, 2.05) is 6.92 Å². The molecule has 0 saturated heterocycles. The van der Waals surface area contributed by atoms with Gasteiger partial charge in [0.25, 0.3) is 0 Å². The SMILES string of the molecule is COc1cc(CC(=O)N(C)C(C)CN)cc(OC)c1OC. The third-order valence-corrected chi connectivity index (χ3v) is 3.48. The molecule has 0 aliphatic rings. The van der Waals surface area contributed by atoms with E-state index in [2.05, 4.69) is 0 Å². The molecule has 0 aliphatic carbocycles. The van der Waals surface area contributed by atoms with E-state index < -0.39 is 0 Å². The van der Waals surface area contributed by atoms with E-state index in [9.17, 15) is 4.79 Å². The third-order valence-electron chi connectivity index (χ3n) is 3.48. The maximum absolute atomic E-state index is 12.2. The molecule has 6 heteroatoms. The van der Waals surface area contributed by atoms with Crippen LogP contribution in [0.15, 0.2) is 12.1 Å². The number of ether oxygens (including phenoxy) is 3. The molecule has 0 fully saturated rings. The first kappa shape index (κ1) is 17.1. The van der Waals surface area contributed by atoms with Crippen molar-refractivity contribution in [2.75, 3.05) is 34.9 Å². The van der Waals surface area contributed by atoms with Gasteiger partial charge < -0.3 is 24.8 Å². The van der Waals surface area contributed by atoms with Gasteiger partial charge in [-0.05, 0) is 24.6 Å². The van der Waals surface area contributed by atoms with Crippen LogP contribution in [0.25, 0.3) is 0 Å². The number of hydrogen-bond donors (Lipinski definition) is 1. The van der Waals surface area contributed by atoms with Crippen molar-refractivity contribution >= 4 is 5.91 Å². The van der Waals surface area contributed by atoms with Crippen LogP contribution in [0.2, 0.25) is 0 Å². The molecule has 0 aromatic heterocycles. The lowest BCUT2D eigenvalue weighted by molar-refractivity contribution is -0.130. The molecule has 2 N–H and O–H groups in total. The highest BCUT2D eigenvalue weighted by atomic mass is 16.5. The summed E-state index contributed by atoms with van der Waals surface area (Å²) in [4.78, 5) is 13.9. The van der Waals surface area contributed by atoms with Crippen molar-refractivity contribution < 1.29 is 19.0 Å². The van der Waals surface area contributed by atoms with Crippen molar-refractivity contribution in [3.63, 3.8) is 0 Å². The van der Waals surface area contributed by atoms with E-state index in [0.29, 0.717) is 23.8 Å². The fourth-order valence-electron chi connectivity index (χ4n) is 1.94. The minimum atomic E-state index is -0.0118. The molecular formula is C15H24N2O4. The van der Waals surface area contributed by atoms with Gasteiger partial charge in [0.2, 0.25) is 11.7 Å². The second kappa shape index (κ2) is 7.73. The summed E-state index contributed by atoms with van der Waals surface area (Å²) in [5, 5.41) is 0. The van der Waals surface area contributed by atoms with Gasteiger partial charge in [-0.3, -0.25) is 4.79 Å². The van der Waals surface area contributed by atoms with E-state index in [1.54, 1.807) is 45.4 Å². The number of benzene rings is 1. The highest BCUT2D eigenvalue weighted by Crippen LogP contribution is 2.38. The van der Waals surface area contributed by atoms with Crippen LogP contribution in [0.5, 0.6) is 17.2 Å². The Bertz CT molecular complexity index is 466. The second-order valence-electron chi connectivity index (χ2n) is 4.80. The first-order chi connectivity index (χ1) is 9.98. The third kappa shape index (κ3) is 4.01. The predicted octanol–water partition coefficient (Wildman–Crippen LogP) is 1.06. The van der Waals surface area contributed by atoms with Crippen molar-refractivity contribution in [2.45, 2.75) is 19.4 Å². The summed E-state index contributed by atoms with van der Waals surface area (Å²) in [5.41, 5.74) is 6.38. The molecule has 1 aromatic rings. The minimum Gasteiger partial charge on any atom is -0.493 e. The number of rotatable bonds is 7. The highest BCUT2D eigenvalue weighted by molar-refractivity contribution is 5.79. The van der Waals surface area contributed by atoms with Gasteiger partial charge in [-0.2, -0.15) is 0 Å². The number of hydrogen-bond acceptors (Lipinski definition) is 5. The normalized spacial score (nSPS) is 11.7. The molecule has 0 spiro atoms. The summed E-state index contributed by atoms with van der Waals surface area (Å²) in [7, 11) is 6.39. The minimum absolute atomic E-state index is 0.000426. The van der Waals surface area contributed by atoms with Crippen molar-refractivity contribution in [3.8, 4) is 17.2 Å². The van der Waals surface area contributed by atoms with E-state index in [-0.39, 0.29) is 18.4 Å². The van der Waals surface area contributed by atoms with Crippen LogP contribution in [0.4, 0.5) is 0 Å². The Kier molecular flexibility index (Phi) is 6.30. The molecule has 1 unspecified atom stereocenters. The highest BCUT2D eigenvalue weighted by Gasteiger charge is 2.18. The van der Waals surface area contributed by atoms with Crippen molar-refractivity contribution in [3.05, 3.63) is 17.7 Å². The number of carbonyl (C=O) groups excluding carboxylic acids is 1. The second-order valence-corrected chi connectivity index (χ2v) is 4.80. The quantitative estimate of drug-likeness (QED) is 0.814. The summed E-state index contributed by atoms with van der Waals surface area (Å²) < 4.78 is 15.8. The van der Waals surface area contributed by atoms with Crippen molar-refractivity contribution in [2.24, 2.45) is 5.73 Å². The first-order valence-corrected chi connectivity index (χ1v) is 6.73. The summed E-state index contributed by atoms with van der Waals surface area (Å²) >= 11 is 0. The monoisotopic (exact) mass is 296 g/mol. The van der Waals surface area contributed by atoms with Gasteiger partial charge >= 0.3 is 0 Å². The maximum atomic E-state index is 12.2. The van der Waals surface area contributed by atoms with Crippen LogP contribution in [0, 0.1) is 0 Å². The largest absolute Gasteiger partial charge is 0.493 e. The standard InChI is InChI=1S/C15H24N2O4/c1-10(9-16)17(2)14(18)8-11-6-12(19-3)15(21-5)13(7-11)20-4/h6-7,10H,8-9,16H2,1-5H3. The average Bonchev–Trinajstić information content (AvgIpc) is 2.51. The molecule has 0 radical (unpaired) electrons. The number of amides is 1. The Labute approximate surface area is 125 Å². The van der Waals surface area contributed by atoms with E-state index in [1.165, 1.54) is 0 Å². The van der Waals surface area contributed by atoms with Gasteiger partial charge in [-0.25, -0.2) is 0 Å². The topological polar surface area (TPSA) is 74.0 Å². The Hall–Kier alpha value is -1.95. The summed E-state index contributed by atoms with van der Waals surface area (Å²) in [6.45, 7) is 2.34. The first-order valence-electron chi connectivity index (χ1n) is 6.73. The molecule has 0 saturated carbocycles. The average molecular weight is 296 g/mol. The van der Waals surface area contributed by atoms with Gasteiger partial charge in [0.05, 0.1) is 27.8 Å². The Morgan fingerprint density at radius 3 is 2.10 bits per heavy atom. The van der Waals surface area contributed by atoms with Crippen LogP contribution in [0.1, 0.15) is 12.5 Å². The zero-order valence-electron chi connectivity index (χ0n) is 13.3. The molecule has 118 valence electrons. The Balaban J connectivity index is 3.01. The number of likely N-dealkylation sites (N-methyl/N-ethyl adjacent to an activating group) is 1. The number of methoxy groups -OCH3 is 3. The van der Waals surface area contributed by atoms with Gasteiger partial charge in [0, 0.05) is 19.6 Å². The lowest BCUT2D eigenvalue weighted by Crippen LogP contribution is -2.40. The van der Waals surface area contributed by atoms with E-state index in [0.717, 1.165) is 5.56 Å². The number of carbonyl (C=O) groups is 1. The number of nitrogens with zero attached hydrogens (tertiary/aromatic N) is 1. The summed E-state index contributed by atoms with van der Waals surface area (Å²) in [6, 6.07) is 3.56. The summed E-state index contributed by atoms with van der Waals surface area (Å²) in [6.07, 6.45) is 0.248. The molecule has 1 rings (SSSR count). The zero-order valence-corrected chi connectivity index (χ0v) is 13.3. The molecular weight excluding hydrogens is 272 g/mol. The maximum Gasteiger partial charge on any atom is 0.227 e. The van der Waals surface area contributed by atoms with E-state index in [4.69, 9.17) is 19.9 Å². The molecule has 0 heterocycles. The fraction of sp³-hybridized carbons (Fsp3) is 0.533.